The summed E-state index contributed by atoms with van der Waals surface area (Å²) in [5, 5.41) is 9.40. The van der Waals surface area contributed by atoms with Gasteiger partial charge < -0.3 is 16.0 Å². The fourth-order valence-electron chi connectivity index (χ4n) is 3.57. The van der Waals surface area contributed by atoms with Crippen molar-refractivity contribution in [2.45, 2.75) is 107 Å². The van der Waals surface area contributed by atoms with E-state index in [0.29, 0.717) is 11.4 Å². The van der Waals surface area contributed by atoms with Gasteiger partial charge in [-0.15, -0.1) is 0 Å². The van der Waals surface area contributed by atoms with Crippen molar-refractivity contribution in [2.75, 3.05) is 5.32 Å². The van der Waals surface area contributed by atoms with E-state index in [9.17, 15) is 4.79 Å². The fourth-order valence-corrected chi connectivity index (χ4v) is 4.26. The molecule has 0 aromatic heterocycles. The van der Waals surface area contributed by atoms with Crippen LogP contribution in [0.5, 0.6) is 0 Å². The third-order valence-electron chi connectivity index (χ3n) is 5.52. The van der Waals surface area contributed by atoms with Gasteiger partial charge in [0.1, 0.15) is 6.17 Å². The van der Waals surface area contributed by atoms with Crippen molar-refractivity contribution in [3.05, 3.63) is 29.3 Å². The summed E-state index contributed by atoms with van der Waals surface area (Å²) >= 11 is 29.3. The molecule has 0 aliphatic carbocycles. The molecule has 0 aliphatic heterocycles. The number of benzene rings is 1. The van der Waals surface area contributed by atoms with Gasteiger partial charge in [-0.3, -0.25) is 4.79 Å². The highest BCUT2D eigenvalue weighted by Gasteiger charge is 2.34. The quantitative estimate of drug-likeness (QED) is 0.0757. The van der Waals surface area contributed by atoms with Crippen molar-refractivity contribution in [1.29, 1.82) is 0 Å². The van der Waals surface area contributed by atoms with E-state index in [1.54, 1.807) is 24.3 Å². The summed E-state index contributed by atoms with van der Waals surface area (Å²) in [7, 11) is 0. The van der Waals surface area contributed by atoms with Gasteiger partial charge in [0.05, 0.1) is 0 Å². The van der Waals surface area contributed by atoms with Gasteiger partial charge in [-0.1, -0.05) is 130 Å². The number of hydrogen-bond acceptors (Lipinski definition) is 2. The van der Waals surface area contributed by atoms with Gasteiger partial charge in [0.2, 0.25) is 9.70 Å². The molecular weight excluding hydrogens is 532 g/mol. The molecule has 0 saturated heterocycles. The summed E-state index contributed by atoms with van der Waals surface area (Å²) < 4.78 is -1.77. The Balaban J connectivity index is 2.17. The second kappa shape index (κ2) is 18.8. The highest BCUT2D eigenvalue weighted by Crippen LogP contribution is 2.29. The maximum absolute atomic E-state index is 12.4. The molecular formula is C25H39Cl4N3OS. The zero-order chi connectivity index (χ0) is 25.2. The van der Waals surface area contributed by atoms with Crippen LogP contribution < -0.4 is 16.0 Å². The molecule has 1 aromatic carbocycles. The van der Waals surface area contributed by atoms with E-state index in [1.807, 2.05) is 0 Å². The van der Waals surface area contributed by atoms with Gasteiger partial charge in [-0.25, -0.2) is 0 Å². The van der Waals surface area contributed by atoms with Crippen LogP contribution in [0.25, 0.3) is 0 Å². The Labute approximate surface area is 231 Å². The van der Waals surface area contributed by atoms with Crippen molar-refractivity contribution in [3.8, 4) is 0 Å². The SMILES string of the molecule is CCCCCCCCCCCCCCCC(=O)N[C@H](NC(=S)Nc1ccc(Cl)cc1)C(Cl)(Cl)Cl. The molecule has 0 spiro atoms. The molecule has 4 nitrogen and oxygen atoms in total. The first-order chi connectivity index (χ1) is 16.2. The number of alkyl halides is 3. The first-order valence-electron chi connectivity index (χ1n) is 12.4. The van der Waals surface area contributed by atoms with Gasteiger partial charge in [0.25, 0.3) is 0 Å². The summed E-state index contributed by atoms with van der Waals surface area (Å²) in [5.74, 6) is -0.179. The van der Waals surface area contributed by atoms with Crippen molar-refractivity contribution < 1.29 is 4.79 Å². The summed E-state index contributed by atoms with van der Waals surface area (Å²) in [6.45, 7) is 2.25. The molecule has 0 heterocycles. The minimum absolute atomic E-state index is 0.179. The van der Waals surface area contributed by atoms with E-state index in [2.05, 4.69) is 22.9 Å². The molecule has 0 bridgehead atoms. The number of hydrogen-bond donors (Lipinski definition) is 3. The molecule has 0 radical (unpaired) electrons. The molecule has 0 unspecified atom stereocenters. The van der Waals surface area contributed by atoms with Crippen molar-refractivity contribution in [1.82, 2.24) is 10.6 Å². The molecule has 0 aliphatic rings. The van der Waals surface area contributed by atoms with Crippen LogP contribution in [0.1, 0.15) is 96.8 Å². The van der Waals surface area contributed by atoms with Gasteiger partial charge in [0, 0.05) is 17.1 Å². The number of carbonyl (C=O) groups excluding carboxylic acids is 1. The zero-order valence-corrected chi connectivity index (χ0v) is 24.0. The van der Waals surface area contributed by atoms with Crippen LogP contribution in [0.15, 0.2) is 24.3 Å². The van der Waals surface area contributed by atoms with E-state index in [-0.39, 0.29) is 11.0 Å². The molecule has 0 fully saturated rings. The zero-order valence-electron chi connectivity index (χ0n) is 20.1. The number of halogens is 4. The molecule has 34 heavy (non-hydrogen) atoms. The summed E-state index contributed by atoms with van der Waals surface area (Å²) in [6.07, 6.45) is 15.7. The summed E-state index contributed by atoms with van der Waals surface area (Å²) in [6, 6.07) is 7.01. The molecule has 3 N–H and O–H groups in total. The predicted octanol–water partition coefficient (Wildman–Crippen LogP) is 8.92. The van der Waals surface area contributed by atoms with Crippen molar-refractivity contribution in [2.24, 2.45) is 0 Å². The van der Waals surface area contributed by atoms with E-state index in [4.69, 9.17) is 58.6 Å². The Morgan fingerprint density at radius 3 is 1.76 bits per heavy atom. The first-order valence-corrected chi connectivity index (χ1v) is 14.3. The Kier molecular flexibility index (Phi) is 17.4. The lowest BCUT2D eigenvalue weighted by atomic mass is 10.0. The van der Waals surface area contributed by atoms with Crippen LogP contribution in [0.2, 0.25) is 5.02 Å². The van der Waals surface area contributed by atoms with Crippen LogP contribution in [-0.4, -0.2) is 21.0 Å². The van der Waals surface area contributed by atoms with Gasteiger partial charge in [0.15, 0.2) is 5.11 Å². The first kappa shape index (κ1) is 31.6. The van der Waals surface area contributed by atoms with E-state index >= 15 is 0 Å². The average molecular weight is 571 g/mol. The van der Waals surface area contributed by atoms with Gasteiger partial charge in [-0.05, 0) is 42.9 Å². The van der Waals surface area contributed by atoms with Crippen LogP contribution in [0, 0.1) is 0 Å². The van der Waals surface area contributed by atoms with Crippen LogP contribution >= 0.6 is 58.6 Å². The molecule has 9 heteroatoms. The smallest absolute Gasteiger partial charge is 0.228 e. The number of anilines is 1. The van der Waals surface area contributed by atoms with E-state index in [0.717, 1.165) is 24.9 Å². The third-order valence-corrected chi connectivity index (χ3v) is 6.64. The van der Waals surface area contributed by atoms with Crippen LogP contribution in [0.3, 0.4) is 0 Å². The molecule has 1 atom stereocenters. The van der Waals surface area contributed by atoms with Crippen LogP contribution in [-0.2, 0) is 4.79 Å². The molecule has 1 rings (SSSR count). The largest absolute Gasteiger partial charge is 0.339 e. The monoisotopic (exact) mass is 569 g/mol. The fraction of sp³-hybridized carbons (Fsp3) is 0.680. The lowest BCUT2D eigenvalue weighted by Crippen LogP contribution is -2.56. The number of nitrogens with one attached hydrogen (secondary N) is 3. The van der Waals surface area contributed by atoms with E-state index in [1.165, 1.54) is 64.2 Å². The van der Waals surface area contributed by atoms with Crippen molar-refractivity contribution >= 4 is 75.3 Å². The Bertz CT molecular complexity index is 698. The second-order valence-corrected chi connectivity index (χ2v) is 11.9. The molecule has 194 valence electrons. The normalized spacial score (nSPS) is 12.3. The van der Waals surface area contributed by atoms with Crippen LogP contribution in [0.4, 0.5) is 5.69 Å². The van der Waals surface area contributed by atoms with E-state index < -0.39 is 9.96 Å². The third kappa shape index (κ3) is 16.3. The summed E-state index contributed by atoms with van der Waals surface area (Å²) in [5.41, 5.74) is 0.725. The predicted molar refractivity (Wildman–Crippen MR) is 153 cm³/mol. The van der Waals surface area contributed by atoms with Crippen molar-refractivity contribution in [3.63, 3.8) is 0 Å². The number of carbonyl (C=O) groups is 1. The Morgan fingerprint density at radius 2 is 1.29 bits per heavy atom. The minimum atomic E-state index is -1.77. The average Bonchev–Trinajstić information content (AvgIpc) is 2.77. The standard InChI is InChI=1S/C25H39Cl4N3OS/c1-2-3-4-5-6-7-8-9-10-11-12-13-14-15-22(33)31-23(25(27,28)29)32-24(34)30-21-18-16-20(26)17-19-21/h16-19,23H,2-15H2,1H3,(H,31,33)(H2,30,32,34)/t23-/m1/s1. The molecule has 1 amide bonds. The molecule has 0 saturated carbocycles. The Morgan fingerprint density at radius 1 is 0.824 bits per heavy atom. The number of amides is 1. The highest BCUT2D eigenvalue weighted by molar-refractivity contribution is 7.80. The topological polar surface area (TPSA) is 53.2 Å². The number of unbranched alkanes of at least 4 members (excludes halogenated alkanes) is 12. The molecule has 1 aromatic rings. The highest BCUT2D eigenvalue weighted by atomic mass is 35.6. The van der Waals surface area contributed by atoms with Gasteiger partial charge >= 0.3 is 0 Å². The number of rotatable bonds is 17. The van der Waals surface area contributed by atoms with Gasteiger partial charge in [-0.2, -0.15) is 0 Å². The summed E-state index contributed by atoms with van der Waals surface area (Å²) in [4.78, 5) is 12.4. The lowest BCUT2D eigenvalue weighted by Gasteiger charge is -2.27. The lowest BCUT2D eigenvalue weighted by molar-refractivity contribution is -0.122. The second-order valence-electron chi connectivity index (χ2n) is 8.64. The maximum Gasteiger partial charge on any atom is 0.228 e. The maximum atomic E-state index is 12.4. The minimum Gasteiger partial charge on any atom is -0.339 e. The number of thiocarbonyl (C=S) groups is 1. The Hall–Kier alpha value is -0.460.